The molecule has 0 aliphatic carbocycles. The fourth-order valence-electron chi connectivity index (χ4n) is 6.09. The predicted octanol–water partition coefficient (Wildman–Crippen LogP) is 3.87. The topological polar surface area (TPSA) is 131 Å². The van der Waals surface area contributed by atoms with Crippen molar-refractivity contribution in [3.63, 3.8) is 0 Å². The molecule has 0 spiro atoms. The number of fused-ring (bicyclic) bond motifs is 1. The van der Waals surface area contributed by atoms with Gasteiger partial charge in [0.25, 0.3) is 5.91 Å². The smallest absolute Gasteiger partial charge is 0.315 e. The molecule has 3 amide bonds. The van der Waals surface area contributed by atoms with E-state index in [9.17, 15) is 14.4 Å². The molecule has 41 heavy (non-hydrogen) atoms. The monoisotopic (exact) mass is 578 g/mol. The highest BCUT2D eigenvalue weighted by Gasteiger charge is 2.35. The van der Waals surface area contributed by atoms with Crippen LogP contribution in [0.4, 0.5) is 5.82 Å². The second-order valence-electron chi connectivity index (χ2n) is 11.6. The zero-order valence-corrected chi connectivity index (χ0v) is 24.9. The Morgan fingerprint density at radius 3 is 2.63 bits per heavy atom. The molecule has 2 fully saturated rings. The van der Waals surface area contributed by atoms with Gasteiger partial charge in [-0.2, -0.15) is 4.98 Å². The van der Waals surface area contributed by atoms with E-state index in [0.717, 1.165) is 53.1 Å². The van der Waals surface area contributed by atoms with Crippen molar-refractivity contribution in [1.29, 1.82) is 0 Å². The van der Waals surface area contributed by atoms with Gasteiger partial charge in [-0.15, -0.1) is 11.3 Å². The summed E-state index contributed by atoms with van der Waals surface area (Å²) >= 11 is 1.75. The Labute approximate surface area is 244 Å². The molecule has 4 heterocycles. The molecule has 2 saturated heterocycles. The first-order chi connectivity index (χ1) is 19.6. The molecule has 0 radical (unpaired) electrons. The summed E-state index contributed by atoms with van der Waals surface area (Å²) in [5.74, 6) is -0.499. The molecule has 2 aromatic heterocycles. The molecule has 4 atom stereocenters. The molecule has 0 saturated carbocycles. The van der Waals surface area contributed by atoms with Crippen LogP contribution in [0.1, 0.15) is 60.1 Å². The first-order valence-electron chi connectivity index (χ1n) is 14.2. The Morgan fingerprint density at radius 1 is 1.10 bits per heavy atom. The van der Waals surface area contributed by atoms with Gasteiger partial charge < -0.3 is 25.6 Å². The molecule has 218 valence electrons. The number of methoxy groups -OCH3 is 1. The maximum atomic E-state index is 13.5. The second kappa shape index (κ2) is 12.1. The highest BCUT2D eigenvalue weighted by atomic mass is 32.1. The lowest BCUT2D eigenvalue weighted by Gasteiger charge is -2.38. The van der Waals surface area contributed by atoms with E-state index in [-0.39, 0.29) is 29.2 Å². The SMILES string of the molecule is COc1nc(NC(=O)C(=O)N2C[C@@H](C)CC[C@@H]2c2ccc3sc(CC4CCN(C)CC4C)nc3c2)ccc1C(N)=O. The Bertz CT molecular complexity index is 1460. The van der Waals surface area contributed by atoms with Crippen molar-refractivity contribution in [3.8, 4) is 5.88 Å². The van der Waals surface area contributed by atoms with Gasteiger partial charge in [0.1, 0.15) is 11.4 Å². The van der Waals surface area contributed by atoms with Crippen molar-refractivity contribution in [2.75, 3.05) is 39.1 Å². The molecule has 2 aliphatic rings. The Kier molecular flexibility index (Phi) is 8.55. The zero-order chi connectivity index (χ0) is 29.3. The Hall–Kier alpha value is -3.57. The molecule has 2 aliphatic heterocycles. The minimum atomic E-state index is -0.797. The van der Waals surface area contributed by atoms with Crippen molar-refractivity contribution in [1.82, 2.24) is 19.8 Å². The number of aromatic nitrogens is 2. The van der Waals surface area contributed by atoms with Crippen molar-refractivity contribution < 1.29 is 19.1 Å². The van der Waals surface area contributed by atoms with Crippen LogP contribution in [0, 0.1) is 17.8 Å². The number of carbonyl (C=O) groups excluding carboxylic acids is 3. The molecule has 2 unspecified atom stereocenters. The van der Waals surface area contributed by atoms with E-state index in [4.69, 9.17) is 15.5 Å². The lowest BCUT2D eigenvalue weighted by molar-refractivity contribution is -0.146. The van der Waals surface area contributed by atoms with Crippen molar-refractivity contribution >= 4 is 45.1 Å². The summed E-state index contributed by atoms with van der Waals surface area (Å²) in [6.45, 7) is 7.15. The van der Waals surface area contributed by atoms with Crippen molar-refractivity contribution in [3.05, 3.63) is 46.5 Å². The number of amides is 3. The highest BCUT2D eigenvalue weighted by molar-refractivity contribution is 7.18. The summed E-state index contributed by atoms with van der Waals surface area (Å²) in [4.78, 5) is 51.3. The number of piperidine rings is 2. The van der Waals surface area contributed by atoms with E-state index >= 15 is 0 Å². The number of pyridine rings is 1. The van der Waals surface area contributed by atoms with E-state index in [2.05, 4.69) is 54.3 Å². The number of thiazole rings is 1. The van der Waals surface area contributed by atoms with Crippen LogP contribution in [0.3, 0.4) is 0 Å². The van der Waals surface area contributed by atoms with E-state index in [1.54, 1.807) is 16.2 Å². The summed E-state index contributed by atoms with van der Waals surface area (Å²) in [6, 6.07) is 8.85. The van der Waals surface area contributed by atoms with Gasteiger partial charge in [0.2, 0.25) is 5.88 Å². The number of nitrogens with zero attached hydrogens (tertiary/aromatic N) is 4. The van der Waals surface area contributed by atoms with Crippen molar-refractivity contribution in [2.24, 2.45) is 23.5 Å². The standard InChI is InChI=1S/C30H38N6O4S/c1-17-5-8-23(36(15-17)30(39)28(38)33-25-10-7-21(27(31)37)29(34-25)40-4)20-6-9-24-22(13-20)32-26(41-24)14-19-11-12-35(3)16-18(19)2/h6-7,9-10,13,17-19,23H,5,8,11-12,14-16H2,1-4H3,(H2,31,37)(H,33,34,38)/t17-,18?,19?,23+/m0/s1. The number of carbonyl (C=O) groups is 3. The van der Waals surface area contributed by atoms with Crippen LogP contribution < -0.4 is 15.8 Å². The third-order valence-electron chi connectivity index (χ3n) is 8.40. The third-order valence-corrected chi connectivity index (χ3v) is 9.46. The molecule has 3 aromatic rings. The van der Waals surface area contributed by atoms with Crippen LogP contribution in [0.2, 0.25) is 0 Å². The van der Waals surface area contributed by atoms with E-state index in [1.807, 2.05) is 0 Å². The minimum Gasteiger partial charge on any atom is -0.480 e. The number of likely N-dealkylation sites (tertiary alicyclic amines) is 2. The van der Waals surface area contributed by atoms with Gasteiger partial charge in [0.15, 0.2) is 0 Å². The molecular weight excluding hydrogens is 540 g/mol. The third kappa shape index (κ3) is 6.36. The van der Waals surface area contributed by atoms with Gasteiger partial charge in [0, 0.05) is 19.5 Å². The lowest BCUT2D eigenvalue weighted by Crippen LogP contribution is -2.46. The number of benzene rings is 1. The van der Waals surface area contributed by atoms with Gasteiger partial charge in [-0.1, -0.05) is 19.9 Å². The number of hydrogen-bond acceptors (Lipinski definition) is 8. The molecule has 3 N–H and O–H groups in total. The maximum Gasteiger partial charge on any atom is 0.315 e. The zero-order valence-electron chi connectivity index (χ0n) is 24.1. The van der Waals surface area contributed by atoms with Crippen LogP contribution in [-0.2, 0) is 16.0 Å². The van der Waals surface area contributed by atoms with Gasteiger partial charge >= 0.3 is 11.8 Å². The van der Waals surface area contributed by atoms with Crippen LogP contribution >= 0.6 is 11.3 Å². The summed E-state index contributed by atoms with van der Waals surface area (Å²) in [5.41, 5.74) is 7.37. The highest BCUT2D eigenvalue weighted by Crippen LogP contribution is 2.36. The lowest BCUT2D eigenvalue weighted by atomic mass is 9.85. The predicted molar refractivity (Wildman–Crippen MR) is 159 cm³/mol. The van der Waals surface area contributed by atoms with E-state index < -0.39 is 17.7 Å². The molecular formula is C30H38N6O4S. The van der Waals surface area contributed by atoms with Gasteiger partial charge in [-0.3, -0.25) is 14.4 Å². The minimum absolute atomic E-state index is 0.0200. The number of primary amides is 1. The molecule has 0 bridgehead atoms. The van der Waals surface area contributed by atoms with E-state index in [0.29, 0.717) is 18.4 Å². The van der Waals surface area contributed by atoms with Crippen molar-refractivity contribution in [2.45, 2.75) is 45.6 Å². The van der Waals surface area contributed by atoms with E-state index in [1.165, 1.54) is 25.7 Å². The fraction of sp³-hybridized carbons (Fsp3) is 0.500. The number of hydrogen-bond donors (Lipinski definition) is 2. The molecule has 1 aromatic carbocycles. The van der Waals surface area contributed by atoms with Gasteiger partial charge in [0.05, 0.1) is 28.4 Å². The second-order valence-corrected chi connectivity index (χ2v) is 12.7. The average molecular weight is 579 g/mol. The Balaban J connectivity index is 1.33. The Morgan fingerprint density at radius 2 is 1.90 bits per heavy atom. The quantitative estimate of drug-likeness (QED) is 0.425. The summed E-state index contributed by atoms with van der Waals surface area (Å²) in [7, 11) is 3.54. The number of anilines is 1. The number of nitrogens with two attached hydrogens (primary N) is 1. The van der Waals surface area contributed by atoms with Gasteiger partial charge in [-0.25, -0.2) is 4.98 Å². The maximum absolute atomic E-state index is 13.5. The average Bonchev–Trinajstić information content (AvgIpc) is 3.35. The van der Waals surface area contributed by atoms with Gasteiger partial charge in [-0.05, 0) is 80.4 Å². The summed E-state index contributed by atoms with van der Waals surface area (Å²) in [6.07, 6.45) is 3.90. The van der Waals surface area contributed by atoms with Crippen LogP contribution in [0.25, 0.3) is 10.2 Å². The first kappa shape index (κ1) is 28.9. The first-order valence-corrected chi connectivity index (χ1v) is 15.0. The summed E-state index contributed by atoms with van der Waals surface area (Å²) in [5, 5.41) is 3.72. The largest absolute Gasteiger partial charge is 0.480 e. The number of ether oxygens (including phenoxy) is 1. The fourth-order valence-corrected chi connectivity index (χ4v) is 7.13. The number of rotatable bonds is 6. The molecule has 10 nitrogen and oxygen atoms in total. The molecule has 5 rings (SSSR count). The molecule has 11 heteroatoms. The van der Waals surface area contributed by atoms with Crippen LogP contribution in [0.5, 0.6) is 5.88 Å². The number of nitrogens with one attached hydrogen (secondary N) is 1. The summed E-state index contributed by atoms with van der Waals surface area (Å²) < 4.78 is 6.26. The van der Waals surface area contributed by atoms with Crippen LogP contribution in [0.15, 0.2) is 30.3 Å². The normalized spacial score (nSPS) is 23.4. The van der Waals surface area contributed by atoms with Crippen LogP contribution in [-0.4, -0.2) is 71.3 Å².